The molecule has 0 bridgehead atoms. The van der Waals surface area contributed by atoms with Crippen molar-refractivity contribution in [2.24, 2.45) is 0 Å². The standard InChI is InChI=1S/C16H14F2N2OS/c17-15(18)21-13-7-5-12(6-8-13)19-16(22)20-10-9-11-3-1-2-4-14(11)20/h1-8,15H,9-10H2,(H,19,22). The quantitative estimate of drug-likeness (QED) is 0.863. The van der Waals surface area contributed by atoms with Crippen LogP contribution in [-0.4, -0.2) is 18.3 Å². The molecule has 1 heterocycles. The smallest absolute Gasteiger partial charge is 0.387 e. The van der Waals surface area contributed by atoms with E-state index in [4.69, 9.17) is 12.2 Å². The lowest BCUT2D eigenvalue weighted by molar-refractivity contribution is -0.0498. The predicted octanol–water partition coefficient (Wildman–Crippen LogP) is 4.05. The average Bonchev–Trinajstić information content (AvgIpc) is 2.93. The first-order chi connectivity index (χ1) is 10.6. The fraction of sp³-hybridized carbons (Fsp3) is 0.188. The summed E-state index contributed by atoms with van der Waals surface area (Å²) in [5, 5.41) is 3.71. The van der Waals surface area contributed by atoms with Crippen molar-refractivity contribution in [2.75, 3.05) is 16.8 Å². The molecule has 0 radical (unpaired) electrons. The van der Waals surface area contributed by atoms with Gasteiger partial charge in [0.15, 0.2) is 5.11 Å². The summed E-state index contributed by atoms with van der Waals surface area (Å²) in [5.74, 6) is 0.123. The molecular weight excluding hydrogens is 306 g/mol. The van der Waals surface area contributed by atoms with E-state index < -0.39 is 6.61 Å². The molecule has 3 nitrogen and oxygen atoms in total. The first-order valence-electron chi connectivity index (χ1n) is 6.85. The van der Waals surface area contributed by atoms with Crippen LogP contribution in [0.15, 0.2) is 48.5 Å². The molecule has 0 aliphatic carbocycles. The number of halogens is 2. The van der Waals surface area contributed by atoms with Gasteiger partial charge in [0.05, 0.1) is 0 Å². The third kappa shape index (κ3) is 3.17. The lowest BCUT2D eigenvalue weighted by Crippen LogP contribution is -2.33. The number of hydrogen-bond acceptors (Lipinski definition) is 2. The van der Waals surface area contributed by atoms with Crippen LogP contribution >= 0.6 is 12.2 Å². The summed E-state index contributed by atoms with van der Waals surface area (Å²) in [6.07, 6.45) is 0.957. The van der Waals surface area contributed by atoms with Crippen molar-refractivity contribution >= 4 is 28.7 Å². The van der Waals surface area contributed by atoms with Gasteiger partial charge < -0.3 is 15.0 Å². The van der Waals surface area contributed by atoms with Crippen LogP contribution in [0.1, 0.15) is 5.56 Å². The molecule has 0 amide bonds. The second-order valence-corrected chi connectivity index (χ2v) is 5.25. The number of para-hydroxylation sites is 1. The Morgan fingerprint density at radius 1 is 1.14 bits per heavy atom. The van der Waals surface area contributed by atoms with Crippen LogP contribution < -0.4 is 15.0 Å². The Labute approximate surface area is 132 Å². The van der Waals surface area contributed by atoms with Crippen LogP contribution in [0.4, 0.5) is 20.2 Å². The maximum Gasteiger partial charge on any atom is 0.387 e. The first-order valence-corrected chi connectivity index (χ1v) is 7.25. The molecule has 0 fully saturated rings. The number of fused-ring (bicyclic) bond motifs is 1. The second-order valence-electron chi connectivity index (χ2n) is 4.86. The molecule has 3 rings (SSSR count). The largest absolute Gasteiger partial charge is 0.435 e. The Bertz CT molecular complexity index is 676. The van der Waals surface area contributed by atoms with E-state index in [1.54, 1.807) is 12.1 Å². The van der Waals surface area contributed by atoms with Gasteiger partial charge >= 0.3 is 6.61 Å². The Morgan fingerprint density at radius 3 is 2.59 bits per heavy atom. The average molecular weight is 320 g/mol. The molecule has 0 saturated carbocycles. The van der Waals surface area contributed by atoms with Crippen LogP contribution in [0.5, 0.6) is 5.75 Å². The van der Waals surface area contributed by atoms with Crippen LogP contribution in [0, 0.1) is 0 Å². The van der Waals surface area contributed by atoms with E-state index in [2.05, 4.69) is 16.1 Å². The molecule has 6 heteroatoms. The number of nitrogens with one attached hydrogen (secondary N) is 1. The van der Waals surface area contributed by atoms with Crippen molar-refractivity contribution in [2.45, 2.75) is 13.0 Å². The number of thiocarbonyl (C=S) groups is 1. The Balaban J connectivity index is 1.68. The molecule has 0 spiro atoms. The number of hydrogen-bond donors (Lipinski definition) is 1. The minimum Gasteiger partial charge on any atom is -0.435 e. The van der Waals surface area contributed by atoms with Gasteiger partial charge in [0, 0.05) is 17.9 Å². The molecule has 114 valence electrons. The van der Waals surface area contributed by atoms with Crippen LogP contribution in [0.2, 0.25) is 0 Å². The molecule has 1 N–H and O–H groups in total. The number of nitrogens with zero attached hydrogens (tertiary/aromatic N) is 1. The van der Waals surface area contributed by atoms with Crippen LogP contribution in [-0.2, 0) is 6.42 Å². The summed E-state index contributed by atoms with van der Waals surface area (Å²) >= 11 is 5.44. The monoisotopic (exact) mass is 320 g/mol. The minimum absolute atomic E-state index is 0.123. The molecule has 1 aliphatic heterocycles. The molecule has 1 aliphatic rings. The van der Waals surface area contributed by atoms with Crippen LogP contribution in [0.3, 0.4) is 0 Å². The fourth-order valence-corrected chi connectivity index (χ4v) is 2.77. The summed E-state index contributed by atoms with van der Waals surface area (Å²) in [5.41, 5.74) is 3.11. The van der Waals surface area contributed by atoms with Gasteiger partial charge in [0.1, 0.15) is 5.75 Å². The molecule has 0 unspecified atom stereocenters. The summed E-state index contributed by atoms with van der Waals surface area (Å²) in [4.78, 5) is 2.04. The molecule has 2 aromatic carbocycles. The maximum absolute atomic E-state index is 12.1. The summed E-state index contributed by atoms with van der Waals surface area (Å²) in [7, 11) is 0. The van der Waals surface area contributed by atoms with Gasteiger partial charge in [-0.25, -0.2) is 0 Å². The summed E-state index contributed by atoms with van der Waals surface area (Å²) in [6, 6.07) is 14.4. The van der Waals surface area contributed by atoms with Crippen molar-refractivity contribution < 1.29 is 13.5 Å². The summed E-state index contributed by atoms with van der Waals surface area (Å²) in [6.45, 7) is -1.99. The highest BCUT2D eigenvalue weighted by Crippen LogP contribution is 2.28. The lowest BCUT2D eigenvalue weighted by Gasteiger charge is -2.21. The van der Waals surface area contributed by atoms with Gasteiger partial charge in [-0.05, 0) is 54.5 Å². The normalized spacial score (nSPS) is 13.1. The molecule has 0 saturated heterocycles. The van der Waals surface area contributed by atoms with Crippen molar-refractivity contribution in [3.63, 3.8) is 0 Å². The highest BCUT2D eigenvalue weighted by Gasteiger charge is 2.21. The molecular formula is C16H14F2N2OS. The molecule has 0 aromatic heterocycles. The van der Waals surface area contributed by atoms with E-state index in [1.807, 2.05) is 23.1 Å². The zero-order valence-electron chi connectivity index (χ0n) is 11.6. The van der Waals surface area contributed by atoms with Crippen LogP contribution in [0.25, 0.3) is 0 Å². The molecule has 2 aromatic rings. The van der Waals surface area contributed by atoms with Gasteiger partial charge in [-0.1, -0.05) is 18.2 Å². The number of rotatable bonds is 3. The highest BCUT2D eigenvalue weighted by atomic mass is 32.1. The third-order valence-corrected chi connectivity index (χ3v) is 3.79. The van der Waals surface area contributed by atoms with Crippen molar-refractivity contribution in [1.29, 1.82) is 0 Å². The number of benzene rings is 2. The number of alkyl halides is 2. The van der Waals surface area contributed by atoms with Gasteiger partial charge in [0.25, 0.3) is 0 Å². The molecule has 0 atom stereocenters. The predicted molar refractivity (Wildman–Crippen MR) is 86.8 cm³/mol. The Morgan fingerprint density at radius 2 is 1.86 bits per heavy atom. The SMILES string of the molecule is FC(F)Oc1ccc(NC(=S)N2CCc3ccccc32)cc1. The molecule has 22 heavy (non-hydrogen) atoms. The highest BCUT2D eigenvalue weighted by molar-refractivity contribution is 7.80. The van der Waals surface area contributed by atoms with Crippen molar-refractivity contribution in [1.82, 2.24) is 0 Å². The number of anilines is 2. The zero-order chi connectivity index (χ0) is 15.5. The number of ether oxygens (including phenoxy) is 1. The summed E-state index contributed by atoms with van der Waals surface area (Å²) < 4.78 is 28.5. The zero-order valence-corrected chi connectivity index (χ0v) is 12.4. The van der Waals surface area contributed by atoms with Crippen molar-refractivity contribution in [3.8, 4) is 5.75 Å². The van der Waals surface area contributed by atoms with E-state index >= 15 is 0 Å². The van der Waals surface area contributed by atoms with E-state index in [1.165, 1.54) is 17.7 Å². The van der Waals surface area contributed by atoms with E-state index in [0.29, 0.717) is 5.11 Å². The van der Waals surface area contributed by atoms with Crippen molar-refractivity contribution in [3.05, 3.63) is 54.1 Å². The first kappa shape index (κ1) is 14.7. The van der Waals surface area contributed by atoms with Gasteiger partial charge in [-0.15, -0.1) is 0 Å². The maximum atomic E-state index is 12.1. The van der Waals surface area contributed by atoms with E-state index in [0.717, 1.165) is 24.3 Å². The second kappa shape index (κ2) is 6.27. The van der Waals surface area contributed by atoms with E-state index in [9.17, 15) is 8.78 Å². The van der Waals surface area contributed by atoms with E-state index in [-0.39, 0.29) is 5.75 Å². The lowest BCUT2D eigenvalue weighted by atomic mass is 10.2. The minimum atomic E-state index is -2.82. The van der Waals surface area contributed by atoms with Gasteiger partial charge in [0.2, 0.25) is 0 Å². The van der Waals surface area contributed by atoms with Gasteiger partial charge in [-0.3, -0.25) is 0 Å². The third-order valence-electron chi connectivity index (χ3n) is 3.46. The topological polar surface area (TPSA) is 24.5 Å². The Hall–Kier alpha value is -2.21. The fourth-order valence-electron chi connectivity index (χ4n) is 2.46. The van der Waals surface area contributed by atoms with Gasteiger partial charge in [-0.2, -0.15) is 8.78 Å². The Kier molecular flexibility index (Phi) is 4.20.